The molecular weight excluding hydrogens is 288 g/mol. The number of hydrogen-bond donors (Lipinski definition) is 1. The van der Waals surface area contributed by atoms with Crippen molar-refractivity contribution in [1.82, 2.24) is 14.1 Å². The maximum atomic E-state index is 12.8. The number of nitrogens with zero attached hydrogens (tertiary/aromatic N) is 3. The Hall–Kier alpha value is -0.630. The van der Waals surface area contributed by atoms with Crippen molar-refractivity contribution in [2.75, 3.05) is 0 Å². The van der Waals surface area contributed by atoms with E-state index in [1.165, 1.54) is 10.9 Å². The summed E-state index contributed by atoms with van der Waals surface area (Å²) in [4.78, 5) is 0. The van der Waals surface area contributed by atoms with Crippen molar-refractivity contribution in [3.05, 3.63) is 11.2 Å². The zero-order chi connectivity index (χ0) is 13.8. The molecule has 3 rings (SSSR count). The number of rotatable bonds is 2. The third kappa shape index (κ3) is 1.99. The molecule has 0 spiro atoms. The predicted octanol–water partition coefficient (Wildman–Crippen LogP) is 0.716. The highest BCUT2D eigenvalue weighted by Crippen LogP contribution is 2.40. The third-order valence-electron chi connectivity index (χ3n) is 4.07. The van der Waals surface area contributed by atoms with Gasteiger partial charge >= 0.3 is 0 Å². The van der Waals surface area contributed by atoms with Crippen LogP contribution in [0.5, 0.6) is 0 Å². The van der Waals surface area contributed by atoms with Gasteiger partial charge in [0.25, 0.3) is 10.0 Å². The van der Waals surface area contributed by atoms with E-state index in [2.05, 4.69) is 5.10 Å². The summed E-state index contributed by atoms with van der Waals surface area (Å²) in [6, 6.07) is 0.111. The van der Waals surface area contributed by atoms with Gasteiger partial charge in [-0.25, -0.2) is 8.42 Å². The summed E-state index contributed by atoms with van der Waals surface area (Å²) in [7, 11) is -2.00. The first-order valence-corrected chi connectivity index (χ1v) is 8.19. The van der Waals surface area contributed by atoms with Crippen LogP contribution >= 0.6 is 11.6 Å². The molecule has 2 N–H and O–H groups in total. The van der Waals surface area contributed by atoms with Crippen LogP contribution in [0, 0.1) is 0 Å². The molecule has 1 aromatic heterocycles. The summed E-state index contributed by atoms with van der Waals surface area (Å²) < 4.78 is 28.5. The second-order valence-electron chi connectivity index (χ2n) is 5.37. The fourth-order valence-electron chi connectivity index (χ4n) is 3.36. The highest BCUT2D eigenvalue weighted by molar-refractivity contribution is 7.89. The van der Waals surface area contributed by atoms with E-state index in [9.17, 15) is 8.42 Å². The number of aryl methyl sites for hydroxylation is 1. The van der Waals surface area contributed by atoms with E-state index in [0.29, 0.717) is 0 Å². The molecule has 0 aromatic carbocycles. The molecule has 2 saturated heterocycles. The minimum absolute atomic E-state index is 0.00437. The van der Waals surface area contributed by atoms with E-state index in [1.807, 2.05) is 0 Å². The number of fused-ring (bicyclic) bond motifs is 2. The average Bonchev–Trinajstić information content (AvgIpc) is 2.79. The second kappa shape index (κ2) is 4.44. The molecule has 0 radical (unpaired) electrons. The molecule has 2 aliphatic rings. The maximum absolute atomic E-state index is 12.8. The molecule has 0 aliphatic carbocycles. The van der Waals surface area contributed by atoms with Crippen LogP contribution in [0.3, 0.4) is 0 Å². The highest BCUT2D eigenvalue weighted by atomic mass is 35.5. The lowest BCUT2D eigenvalue weighted by atomic mass is 10.0. The van der Waals surface area contributed by atoms with Crippen molar-refractivity contribution in [3.63, 3.8) is 0 Å². The van der Waals surface area contributed by atoms with Crippen LogP contribution in [0.1, 0.15) is 25.7 Å². The lowest BCUT2D eigenvalue weighted by molar-refractivity contribution is 0.226. The molecule has 2 aliphatic heterocycles. The summed E-state index contributed by atoms with van der Waals surface area (Å²) in [6.07, 6.45) is 4.59. The quantitative estimate of drug-likeness (QED) is 0.873. The lowest BCUT2D eigenvalue weighted by Gasteiger charge is -2.36. The van der Waals surface area contributed by atoms with Gasteiger partial charge in [-0.1, -0.05) is 11.6 Å². The SMILES string of the molecule is Cn1ncc(Cl)c1S(=O)(=O)N1C2CCC1CC(N)C2. The van der Waals surface area contributed by atoms with Crippen LogP contribution in [0.25, 0.3) is 0 Å². The highest BCUT2D eigenvalue weighted by Gasteiger charge is 2.47. The molecule has 2 bridgehead atoms. The number of aromatic nitrogens is 2. The molecular formula is C11H17ClN4O2S. The van der Waals surface area contributed by atoms with Crippen molar-refractivity contribution in [3.8, 4) is 0 Å². The molecule has 2 fully saturated rings. The summed E-state index contributed by atoms with van der Waals surface area (Å²) in [5.41, 5.74) is 5.97. The molecule has 1 aromatic rings. The number of sulfonamides is 1. The molecule has 3 heterocycles. The lowest BCUT2D eigenvalue weighted by Crippen LogP contribution is -2.50. The van der Waals surface area contributed by atoms with Crippen molar-refractivity contribution in [1.29, 1.82) is 0 Å². The van der Waals surface area contributed by atoms with Gasteiger partial charge < -0.3 is 5.73 Å². The normalized spacial score (nSPS) is 31.8. The van der Waals surface area contributed by atoms with Crippen molar-refractivity contribution < 1.29 is 8.42 Å². The van der Waals surface area contributed by atoms with Crippen molar-refractivity contribution in [2.24, 2.45) is 12.8 Å². The van der Waals surface area contributed by atoms with Gasteiger partial charge in [0.15, 0.2) is 5.03 Å². The van der Waals surface area contributed by atoms with E-state index in [-0.39, 0.29) is 28.2 Å². The van der Waals surface area contributed by atoms with Gasteiger partial charge in [0, 0.05) is 25.2 Å². The summed E-state index contributed by atoms with van der Waals surface area (Å²) in [5.74, 6) is 0. The van der Waals surface area contributed by atoms with Gasteiger partial charge in [0.1, 0.15) is 0 Å². The van der Waals surface area contributed by atoms with E-state index in [0.717, 1.165) is 25.7 Å². The first kappa shape index (κ1) is 13.4. The zero-order valence-corrected chi connectivity index (χ0v) is 12.2. The number of nitrogens with two attached hydrogens (primary N) is 1. The Morgan fingerprint density at radius 2 is 1.95 bits per heavy atom. The Labute approximate surface area is 117 Å². The van der Waals surface area contributed by atoms with Crippen LogP contribution < -0.4 is 5.73 Å². The predicted molar refractivity (Wildman–Crippen MR) is 71.3 cm³/mol. The van der Waals surface area contributed by atoms with Crippen LogP contribution in [0.2, 0.25) is 5.02 Å². The Morgan fingerprint density at radius 1 is 1.37 bits per heavy atom. The van der Waals surface area contributed by atoms with Gasteiger partial charge in [-0.15, -0.1) is 0 Å². The number of hydrogen-bond acceptors (Lipinski definition) is 4. The van der Waals surface area contributed by atoms with Gasteiger partial charge in [-0.05, 0) is 25.7 Å². The first-order valence-electron chi connectivity index (χ1n) is 6.38. The number of piperidine rings is 1. The minimum atomic E-state index is -3.59. The van der Waals surface area contributed by atoms with Crippen LogP contribution in [0.15, 0.2) is 11.2 Å². The van der Waals surface area contributed by atoms with E-state index in [4.69, 9.17) is 17.3 Å². The zero-order valence-electron chi connectivity index (χ0n) is 10.7. The molecule has 2 unspecified atom stereocenters. The Bertz CT molecular complexity index is 566. The van der Waals surface area contributed by atoms with E-state index in [1.54, 1.807) is 11.4 Å². The topological polar surface area (TPSA) is 81.2 Å². The van der Waals surface area contributed by atoms with Crippen LogP contribution in [0.4, 0.5) is 0 Å². The molecule has 106 valence electrons. The fraction of sp³-hybridized carbons (Fsp3) is 0.727. The summed E-state index contributed by atoms with van der Waals surface area (Å²) >= 11 is 5.98. The van der Waals surface area contributed by atoms with Gasteiger partial charge in [0.05, 0.1) is 11.2 Å². The molecule has 0 amide bonds. The monoisotopic (exact) mass is 304 g/mol. The smallest absolute Gasteiger partial charge is 0.262 e. The van der Waals surface area contributed by atoms with Crippen molar-refractivity contribution >= 4 is 21.6 Å². The Kier molecular flexibility index (Phi) is 3.12. The first-order chi connectivity index (χ1) is 8.91. The molecule has 2 atom stereocenters. The molecule has 19 heavy (non-hydrogen) atoms. The van der Waals surface area contributed by atoms with Crippen molar-refractivity contribution in [2.45, 2.75) is 48.8 Å². The average molecular weight is 305 g/mol. The fourth-order valence-corrected chi connectivity index (χ4v) is 5.86. The summed E-state index contributed by atoms with van der Waals surface area (Å²) in [6.45, 7) is 0. The molecule has 8 heteroatoms. The standard InChI is InChI=1S/C11H17ClN4O2S/c1-15-11(10(12)6-14-15)19(17,18)16-8-2-3-9(16)5-7(13)4-8/h6-9H,2-5,13H2,1H3. The Balaban J connectivity index is 2.03. The Morgan fingerprint density at radius 3 is 2.42 bits per heavy atom. The van der Waals surface area contributed by atoms with Crippen LogP contribution in [-0.4, -0.2) is 40.6 Å². The molecule has 0 saturated carbocycles. The number of halogens is 1. The van der Waals surface area contributed by atoms with Crippen LogP contribution in [-0.2, 0) is 17.1 Å². The van der Waals surface area contributed by atoms with E-state index < -0.39 is 10.0 Å². The van der Waals surface area contributed by atoms with Gasteiger partial charge in [-0.3, -0.25) is 4.68 Å². The van der Waals surface area contributed by atoms with Gasteiger partial charge in [0.2, 0.25) is 0 Å². The minimum Gasteiger partial charge on any atom is -0.328 e. The summed E-state index contributed by atoms with van der Waals surface area (Å²) in [5, 5.41) is 4.18. The van der Waals surface area contributed by atoms with E-state index >= 15 is 0 Å². The second-order valence-corrected chi connectivity index (χ2v) is 7.54. The van der Waals surface area contributed by atoms with Gasteiger partial charge in [-0.2, -0.15) is 9.40 Å². The third-order valence-corrected chi connectivity index (χ3v) is 6.58. The largest absolute Gasteiger partial charge is 0.328 e. The molecule has 6 nitrogen and oxygen atoms in total. The maximum Gasteiger partial charge on any atom is 0.262 e.